The summed E-state index contributed by atoms with van der Waals surface area (Å²) in [7, 11) is -4.27. The maximum atomic E-state index is 13.0. The Morgan fingerprint density at radius 1 is 1.00 bits per heavy atom. The predicted octanol–water partition coefficient (Wildman–Crippen LogP) is 4.17. The van der Waals surface area contributed by atoms with E-state index >= 15 is 0 Å². The summed E-state index contributed by atoms with van der Waals surface area (Å²) in [4.78, 5) is 42.5. The van der Waals surface area contributed by atoms with Crippen LogP contribution in [-0.4, -0.2) is 55.5 Å². The van der Waals surface area contributed by atoms with Crippen LogP contribution in [0.5, 0.6) is 5.88 Å². The molecular formula is C25H33N3O7S. The molecule has 0 saturated carbocycles. The van der Waals surface area contributed by atoms with Gasteiger partial charge in [-0.3, -0.25) is 9.59 Å². The lowest BCUT2D eigenvalue weighted by Crippen LogP contribution is -2.33. The topological polar surface area (TPSA) is 132 Å². The molecule has 0 atom stereocenters. The molecular weight excluding hydrogens is 486 g/mol. The largest absolute Gasteiger partial charge is 0.515 e. The van der Waals surface area contributed by atoms with E-state index in [0.29, 0.717) is 13.1 Å². The molecule has 0 aliphatic rings. The first kappa shape index (κ1) is 28.8. The van der Waals surface area contributed by atoms with Gasteiger partial charge >= 0.3 is 6.16 Å². The number of rotatable bonds is 12. The van der Waals surface area contributed by atoms with Crippen molar-refractivity contribution in [2.75, 3.05) is 13.1 Å². The zero-order chi connectivity index (χ0) is 26.7. The summed E-state index contributed by atoms with van der Waals surface area (Å²) < 4.78 is 37.4. The maximum absolute atomic E-state index is 13.0. The van der Waals surface area contributed by atoms with Crippen LogP contribution in [0, 0.1) is 0 Å². The van der Waals surface area contributed by atoms with E-state index in [-0.39, 0.29) is 33.9 Å². The lowest BCUT2D eigenvalue weighted by Gasteiger charge is -2.22. The van der Waals surface area contributed by atoms with E-state index in [1.165, 1.54) is 30.3 Å². The third-order valence-electron chi connectivity index (χ3n) is 4.99. The molecule has 0 saturated heterocycles. The lowest BCUT2D eigenvalue weighted by molar-refractivity contribution is 0.0713. The average molecular weight is 520 g/mol. The fraction of sp³-hybridized carbons (Fsp3) is 0.440. The van der Waals surface area contributed by atoms with E-state index in [2.05, 4.69) is 4.98 Å². The summed E-state index contributed by atoms with van der Waals surface area (Å²) in [6, 6.07) is 8.09. The Morgan fingerprint density at radius 2 is 1.67 bits per heavy atom. The molecule has 0 fully saturated rings. The molecule has 2 amide bonds. The fourth-order valence-corrected chi connectivity index (χ4v) is 4.13. The number of pyridine rings is 1. The summed E-state index contributed by atoms with van der Waals surface area (Å²) >= 11 is 0. The van der Waals surface area contributed by atoms with Crippen molar-refractivity contribution in [1.29, 1.82) is 0 Å². The molecule has 2 aromatic rings. The first-order chi connectivity index (χ1) is 17.1. The molecule has 0 aliphatic carbocycles. The minimum atomic E-state index is -4.27. The number of sulfonamides is 1. The highest BCUT2D eigenvalue weighted by Crippen LogP contribution is 2.16. The molecule has 196 valence electrons. The molecule has 0 bridgehead atoms. The number of ether oxygens (including phenoxy) is 2. The Kier molecular flexibility index (Phi) is 10.8. The summed E-state index contributed by atoms with van der Waals surface area (Å²) in [5.41, 5.74) is 0.162. The van der Waals surface area contributed by atoms with Crippen LogP contribution in [0.2, 0.25) is 0 Å². The zero-order valence-corrected chi connectivity index (χ0v) is 21.8. The highest BCUT2D eigenvalue weighted by atomic mass is 32.2. The van der Waals surface area contributed by atoms with Gasteiger partial charge in [0.2, 0.25) is 5.88 Å². The van der Waals surface area contributed by atoms with Gasteiger partial charge in [-0.15, -0.1) is 0 Å². The second-order valence-corrected chi connectivity index (χ2v) is 10.0. The second kappa shape index (κ2) is 13.6. The van der Waals surface area contributed by atoms with Crippen molar-refractivity contribution in [2.24, 2.45) is 0 Å². The van der Waals surface area contributed by atoms with Gasteiger partial charge in [-0.2, -0.15) is 0 Å². The van der Waals surface area contributed by atoms with Gasteiger partial charge in [-0.05, 0) is 51.0 Å². The molecule has 1 aromatic carbocycles. The summed E-state index contributed by atoms with van der Waals surface area (Å²) in [6.45, 7) is 8.56. The van der Waals surface area contributed by atoms with E-state index in [1.54, 1.807) is 24.8 Å². The number of hydrogen-bond acceptors (Lipinski definition) is 8. The van der Waals surface area contributed by atoms with Gasteiger partial charge in [0.15, 0.2) is 0 Å². The Hall–Kier alpha value is -3.47. The van der Waals surface area contributed by atoms with Crippen LogP contribution in [0.3, 0.4) is 0 Å². The van der Waals surface area contributed by atoms with Crippen molar-refractivity contribution in [2.45, 2.75) is 64.4 Å². The van der Waals surface area contributed by atoms with Gasteiger partial charge in [0, 0.05) is 30.9 Å². The summed E-state index contributed by atoms with van der Waals surface area (Å²) in [6.07, 6.45) is 3.30. The first-order valence-corrected chi connectivity index (χ1v) is 13.4. The van der Waals surface area contributed by atoms with Crippen molar-refractivity contribution in [3.8, 4) is 5.88 Å². The van der Waals surface area contributed by atoms with E-state index in [9.17, 15) is 22.8 Å². The van der Waals surface area contributed by atoms with Gasteiger partial charge in [0.05, 0.1) is 16.6 Å². The molecule has 11 heteroatoms. The number of benzene rings is 1. The van der Waals surface area contributed by atoms with Crippen molar-refractivity contribution >= 4 is 28.0 Å². The Balaban J connectivity index is 2.13. The highest BCUT2D eigenvalue weighted by Gasteiger charge is 2.22. The number of carbonyl (C=O) groups excluding carboxylic acids is 3. The van der Waals surface area contributed by atoms with Gasteiger partial charge in [-0.1, -0.05) is 32.8 Å². The monoisotopic (exact) mass is 519 g/mol. The number of unbranched alkanes of at least 4 members (excludes halogenated alkanes) is 2. The molecule has 0 unspecified atom stereocenters. The van der Waals surface area contributed by atoms with E-state index in [4.69, 9.17) is 9.47 Å². The fourth-order valence-electron chi connectivity index (χ4n) is 3.11. The number of aromatic nitrogens is 1. The molecule has 0 aliphatic heterocycles. The Morgan fingerprint density at radius 3 is 2.22 bits per heavy atom. The van der Waals surface area contributed by atoms with Gasteiger partial charge in [-0.25, -0.2) is 22.9 Å². The van der Waals surface area contributed by atoms with Crippen LogP contribution < -0.4 is 9.46 Å². The van der Waals surface area contributed by atoms with Crippen LogP contribution in [0.15, 0.2) is 47.5 Å². The number of carbonyl (C=O) groups is 3. The number of hydrogen-bond donors (Lipinski definition) is 1. The van der Waals surface area contributed by atoms with Crippen LogP contribution in [0.25, 0.3) is 0 Å². The van der Waals surface area contributed by atoms with Crippen LogP contribution in [-0.2, 0) is 14.8 Å². The summed E-state index contributed by atoms with van der Waals surface area (Å²) in [5.74, 6) is -1.29. The van der Waals surface area contributed by atoms with Crippen molar-refractivity contribution in [3.05, 3.63) is 53.7 Å². The number of nitrogens with one attached hydrogen (secondary N) is 1. The minimum absolute atomic E-state index is 0.0688. The molecule has 10 nitrogen and oxygen atoms in total. The molecule has 1 aromatic heterocycles. The van der Waals surface area contributed by atoms with E-state index in [0.717, 1.165) is 31.9 Å². The molecule has 1 N–H and O–H groups in total. The average Bonchev–Trinajstić information content (AvgIpc) is 2.83. The first-order valence-electron chi connectivity index (χ1n) is 11.9. The molecule has 2 rings (SSSR count). The Labute approximate surface area is 212 Å². The molecule has 36 heavy (non-hydrogen) atoms. The van der Waals surface area contributed by atoms with E-state index in [1.807, 2.05) is 18.6 Å². The zero-order valence-electron chi connectivity index (χ0n) is 21.0. The van der Waals surface area contributed by atoms with Crippen LogP contribution >= 0.6 is 0 Å². The van der Waals surface area contributed by atoms with Gasteiger partial charge in [0.25, 0.3) is 21.8 Å². The standard InChI is InChI=1S/C25H33N3O7S/c1-5-7-14-28(15-8-6-2)24(30)19-10-9-11-21(16-19)36(32,33)27-23(29)20-12-13-22(26-17-20)35-25(31)34-18(3)4/h9-13,16-18H,5-8,14-15H2,1-4H3,(H,27,29). The van der Waals surface area contributed by atoms with Gasteiger partial charge < -0.3 is 14.4 Å². The number of nitrogens with zero attached hydrogens (tertiary/aromatic N) is 2. The Bertz CT molecular complexity index is 1140. The molecule has 0 radical (unpaired) electrons. The SMILES string of the molecule is CCCCN(CCCC)C(=O)c1cccc(S(=O)(=O)NC(=O)c2ccc(OC(=O)OC(C)C)nc2)c1. The van der Waals surface area contributed by atoms with Crippen LogP contribution in [0.4, 0.5) is 4.79 Å². The minimum Gasteiger partial charge on any atom is -0.431 e. The van der Waals surface area contributed by atoms with E-state index < -0.39 is 22.1 Å². The molecule has 0 spiro atoms. The van der Waals surface area contributed by atoms with Crippen LogP contribution in [0.1, 0.15) is 74.1 Å². The quantitative estimate of drug-likeness (QED) is 0.413. The van der Waals surface area contributed by atoms with Crippen molar-refractivity contribution < 1.29 is 32.3 Å². The molecule has 1 heterocycles. The smallest absolute Gasteiger partial charge is 0.431 e. The normalized spacial score (nSPS) is 11.1. The van der Waals surface area contributed by atoms with Crippen molar-refractivity contribution in [3.63, 3.8) is 0 Å². The highest BCUT2D eigenvalue weighted by molar-refractivity contribution is 7.90. The predicted molar refractivity (Wildman–Crippen MR) is 133 cm³/mol. The maximum Gasteiger partial charge on any atom is 0.515 e. The second-order valence-electron chi connectivity index (χ2n) is 8.37. The third kappa shape index (κ3) is 8.63. The third-order valence-corrected chi connectivity index (χ3v) is 6.32. The number of amides is 2. The van der Waals surface area contributed by atoms with Gasteiger partial charge in [0.1, 0.15) is 0 Å². The lowest BCUT2D eigenvalue weighted by atomic mass is 10.1. The summed E-state index contributed by atoms with van der Waals surface area (Å²) in [5, 5.41) is 0. The van der Waals surface area contributed by atoms with Crippen molar-refractivity contribution in [1.82, 2.24) is 14.6 Å².